The summed E-state index contributed by atoms with van der Waals surface area (Å²) in [7, 11) is 1.93. The first-order valence-electron chi connectivity index (χ1n) is 5.47. The van der Waals surface area contributed by atoms with Crippen LogP contribution in [0.4, 0.5) is 0 Å². The summed E-state index contributed by atoms with van der Waals surface area (Å²) in [4.78, 5) is 0. The standard InChI is InChI=1S/C13H17N3/c1-9-4-5-12(10(2)6-9)13-7-11(8-14-3)15-16-13/h4-7,14H,8H2,1-3H3,(H,15,16). The molecule has 0 saturated carbocycles. The van der Waals surface area contributed by atoms with Gasteiger partial charge in [-0.05, 0) is 32.5 Å². The van der Waals surface area contributed by atoms with Crippen molar-refractivity contribution in [2.45, 2.75) is 20.4 Å². The number of rotatable bonds is 3. The van der Waals surface area contributed by atoms with Gasteiger partial charge in [-0.15, -0.1) is 0 Å². The largest absolute Gasteiger partial charge is 0.314 e. The van der Waals surface area contributed by atoms with Gasteiger partial charge >= 0.3 is 0 Å². The quantitative estimate of drug-likeness (QED) is 0.825. The third-order valence-electron chi connectivity index (χ3n) is 2.66. The fraction of sp³-hybridized carbons (Fsp3) is 0.308. The Morgan fingerprint density at radius 2 is 2.06 bits per heavy atom. The summed E-state index contributed by atoms with van der Waals surface area (Å²) < 4.78 is 0. The van der Waals surface area contributed by atoms with Crippen molar-refractivity contribution in [2.24, 2.45) is 0 Å². The monoisotopic (exact) mass is 215 g/mol. The van der Waals surface area contributed by atoms with Gasteiger partial charge in [0.05, 0.1) is 5.69 Å². The number of nitrogens with one attached hydrogen (secondary N) is 2. The SMILES string of the molecule is CNCc1cc(-c2ccc(C)cc2C)n[nH]1. The summed E-state index contributed by atoms with van der Waals surface area (Å²) in [5, 5.41) is 10.5. The highest BCUT2D eigenvalue weighted by molar-refractivity contribution is 5.64. The molecule has 0 amide bonds. The Labute approximate surface area is 95.9 Å². The van der Waals surface area contributed by atoms with Gasteiger partial charge in [-0.25, -0.2) is 0 Å². The van der Waals surface area contributed by atoms with Crippen molar-refractivity contribution in [1.82, 2.24) is 15.5 Å². The van der Waals surface area contributed by atoms with E-state index in [2.05, 4.69) is 53.6 Å². The molecule has 0 aliphatic heterocycles. The summed E-state index contributed by atoms with van der Waals surface area (Å²) in [6, 6.07) is 8.52. The molecule has 16 heavy (non-hydrogen) atoms. The van der Waals surface area contributed by atoms with Crippen LogP contribution < -0.4 is 5.32 Å². The Hall–Kier alpha value is -1.61. The highest BCUT2D eigenvalue weighted by atomic mass is 15.1. The second kappa shape index (κ2) is 4.49. The molecule has 0 saturated heterocycles. The minimum Gasteiger partial charge on any atom is -0.314 e. The van der Waals surface area contributed by atoms with Crippen molar-refractivity contribution < 1.29 is 0 Å². The van der Waals surface area contributed by atoms with Crippen molar-refractivity contribution in [3.8, 4) is 11.3 Å². The fourth-order valence-corrected chi connectivity index (χ4v) is 1.88. The van der Waals surface area contributed by atoms with Gasteiger partial charge in [-0.2, -0.15) is 5.10 Å². The van der Waals surface area contributed by atoms with Gasteiger partial charge in [0.15, 0.2) is 0 Å². The van der Waals surface area contributed by atoms with Gasteiger partial charge in [0.25, 0.3) is 0 Å². The molecule has 1 aromatic heterocycles. The van der Waals surface area contributed by atoms with E-state index in [-0.39, 0.29) is 0 Å². The molecule has 2 aromatic rings. The van der Waals surface area contributed by atoms with Crippen molar-refractivity contribution >= 4 is 0 Å². The van der Waals surface area contributed by atoms with E-state index in [1.165, 1.54) is 16.7 Å². The number of H-pyrrole nitrogens is 1. The first kappa shape index (κ1) is 10.9. The van der Waals surface area contributed by atoms with E-state index in [1.54, 1.807) is 0 Å². The van der Waals surface area contributed by atoms with E-state index >= 15 is 0 Å². The molecule has 0 atom stereocenters. The topological polar surface area (TPSA) is 40.7 Å². The van der Waals surface area contributed by atoms with Crippen molar-refractivity contribution in [3.63, 3.8) is 0 Å². The molecule has 0 unspecified atom stereocenters. The lowest BCUT2D eigenvalue weighted by Crippen LogP contribution is -2.04. The average Bonchev–Trinajstić information content (AvgIpc) is 2.67. The van der Waals surface area contributed by atoms with Gasteiger partial charge < -0.3 is 5.32 Å². The van der Waals surface area contributed by atoms with Crippen LogP contribution in [-0.2, 0) is 6.54 Å². The molecule has 84 valence electrons. The molecule has 0 spiro atoms. The van der Waals surface area contributed by atoms with Gasteiger partial charge in [-0.3, -0.25) is 5.10 Å². The van der Waals surface area contributed by atoms with Gasteiger partial charge in [-0.1, -0.05) is 23.8 Å². The van der Waals surface area contributed by atoms with E-state index in [4.69, 9.17) is 0 Å². The van der Waals surface area contributed by atoms with Crippen LogP contribution in [0.3, 0.4) is 0 Å². The molecule has 0 radical (unpaired) electrons. The van der Waals surface area contributed by atoms with E-state index in [9.17, 15) is 0 Å². The van der Waals surface area contributed by atoms with Crippen LogP contribution in [0.5, 0.6) is 0 Å². The lowest BCUT2D eigenvalue weighted by atomic mass is 10.0. The number of benzene rings is 1. The second-order valence-electron chi connectivity index (χ2n) is 4.13. The van der Waals surface area contributed by atoms with Gasteiger partial charge in [0.2, 0.25) is 0 Å². The number of aromatic amines is 1. The van der Waals surface area contributed by atoms with Gasteiger partial charge in [0, 0.05) is 17.8 Å². The lowest BCUT2D eigenvalue weighted by molar-refractivity contribution is 0.784. The maximum Gasteiger partial charge on any atom is 0.0926 e. The smallest absolute Gasteiger partial charge is 0.0926 e. The van der Waals surface area contributed by atoms with Crippen LogP contribution >= 0.6 is 0 Å². The molecule has 0 aliphatic carbocycles. The van der Waals surface area contributed by atoms with Crippen LogP contribution in [-0.4, -0.2) is 17.2 Å². The van der Waals surface area contributed by atoms with E-state index in [0.717, 1.165) is 17.9 Å². The summed E-state index contributed by atoms with van der Waals surface area (Å²) in [6.45, 7) is 5.04. The Morgan fingerprint density at radius 1 is 1.25 bits per heavy atom. The predicted molar refractivity (Wildman–Crippen MR) is 66.3 cm³/mol. The Bertz CT molecular complexity index is 486. The van der Waals surface area contributed by atoms with Gasteiger partial charge in [0.1, 0.15) is 0 Å². The first-order valence-corrected chi connectivity index (χ1v) is 5.47. The number of nitrogens with zero attached hydrogens (tertiary/aromatic N) is 1. The molecule has 0 bridgehead atoms. The van der Waals surface area contributed by atoms with Crippen LogP contribution in [0.15, 0.2) is 24.3 Å². The third-order valence-corrected chi connectivity index (χ3v) is 2.66. The zero-order valence-electron chi connectivity index (χ0n) is 9.96. The summed E-state index contributed by atoms with van der Waals surface area (Å²) in [5.74, 6) is 0. The summed E-state index contributed by atoms with van der Waals surface area (Å²) in [5.41, 5.74) is 5.87. The molecular weight excluding hydrogens is 198 g/mol. The number of aromatic nitrogens is 2. The molecular formula is C13H17N3. The highest BCUT2D eigenvalue weighted by Gasteiger charge is 2.06. The zero-order valence-corrected chi connectivity index (χ0v) is 9.96. The first-order chi connectivity index (χ1) is 7.70. The minimum atomic E-state index is 0.817. The number of hydrogen-bond donors (Lipinski definition) is 2. The molecule has 3 heteroatoms. The Balaban J connectivity index is 2.35. The zero-order chi connectivity index (χ0) is 11.5. The second-order valence-corrected chi connectivity index (χ2v) is 4.13. The molecule has 2 rings (SSSR count). The van der Waals surface area contributed by atoms with E-state index in [1.807, 2.05) is 7.05 Å². The average molecular weight is 215 g/mol. The van der Waals surface area contributed by atoms with E-state index in [0.29, 0.717) is 0 Å². The molecule has 1 aromatic carbocycles. The fourth-order valence-electron chi connectivity index (χ4n) is 1.88. The van der Waals surface area contributed by atoms with E-state index < -0.39 is 0 Å². The molecule has 1 heterocycles. The molecule has 3 nitrogen and oxygen atoms in total. The van der Waals surface area contributed by atoms with Crippen molar-refractivity contribution in [3.05, 3.63) is 41.1 Å². The Kier molecular flexibility index (Phi) is 3.06. The predicted octanol–water partition coefficient (Wildman–Crippen LogP) is 2.41. The summed E-state index contributed by atoms with van der Waals surface area (Å²) in [6.07, 6.45) is 0. The molecule has 2 N–H and O–H groups in total. The maximum atomic E-state index is 4.33. The highest BCUT2D eigenvalue weighted by Crippen LogP contribution is 2.22. The van der Waals surface area contributed by atoms with Crippen LogP contribution in [0.2, 0.25) is 0 Å². The Morgan fingerprint density at radius 3 is 2.75 bits per heavy atom. The number of aryl methyl sites for hydroxylation is 2. The van der Waals surface area contributed by atoms with Crippen LogP contribution in [0.1, 0.15) is 16.8 Å². The van der Waals surface area contributed by atoms with Crippen molar-refractivity contribution in [1.29, 1.82) is 0 Å². The number of hydrogen-bond acceptors (Lipinski definition) is 2. The van der Waals surface area contributed by atoms with Crippen LogP contribution in [0, 0.1) is 13.8 Å². The summed E-state index contributed by atoms with van der Waals surface area (Å²) >= 11 is 0. The molecule has 0 fully saturated rings. The maximum absolute atomic E-state index is 4.33. The van der Waals surface area contributed by atoms with Crippen molar-refractivity contribution in [2.75, 3.05) is 7.05 Å². The lowest BCUT2D eigenvalue weighted by Gasteiger charge is -2.02. The van der Waals surface area contributed by atoms with Crippen LogP contribution in [0.25, 0.3) is 11.3 Å². The normalized spacial score (nSPS) is 10.7. The third kappa shape index (κ3) is 2.14. The minimum absolute atomic E-state index is 0.817. The molecule has 0 aliphatic rings.